The third-order valence-electron chi connectivity index (χ3n) is 2.52. The average molecular weight is 239 g/mol. The first-order chi connectivity index (χ1) is 8.07. The van der Waals surface area contributed by atoms with Crippen molar-refractivity contribution < 1.29 is 13.9 Å². The van der Waals surface area contributed by atoms with E-state index in [1.165, 1.54) is 13.0 Å². The SMILES string of the molecule is CCOCCN(C)c1c(F)cccc1C(C)=O. The summed E-state index contributed by atoms with van der Waals surface area (Å²) in [5.41, 5.74) is 0.753. The van der Waals surface area contributed by atoms with E-state index in [2.05, 4.69) is 0 Å². The molecular formula is C13H18FNO2. The Morgan fingerprint density at radius 3 is 2.76 bits per heavy atom. The molecule has 0 unspecified atom stereocenters. The van der Waals surface area contributed by atoms with E-state index in [4.69, 9.17) is 4.74 Å². The Balaban J connectivity index is 2.90. The zero-order valence-corrected chi connectivity index (χ0v) is 10.5. The summed E-state index contributed by atoms with van der Waals surface area (Å²) in [5.74, 6) is -0.514. The van der Waals surface area contributed by atoms with Crippen molar-refractivity contribution >= 4 is 11.5 Å². The standard InChI is InChI=1S/C13H18FNO2/c1-4-17-9-8-15(3)13-11(10(2)16)6-5-7-12(13)14/h5-7H,4,8-9H2,1-3H3. The molecule has 17 heavy (non-hydrogen) atoms. The molecule has 0 aliphatic carbocycles. The van der Waals surface area contributed by atoms with Crippen LogP contribution in [0.15, 0.2) is 18.2 Å². The fraction of sp³-hybridized carbons (Fsp3) is 0.462. The molecule has 0 aromatic heterocycles. The molecule has 0 saturated carbocycles. The van der Waals surface area contributed by atoms with Crippen molar-refractivity contribution in [3.05, 3.63) is 29.6 Å². The predicted molar refractivity (Wildman–Crippen MR) is 66.2 cm³/mol. The Hall–Kier alpha value is -1.42. The maximum Gasteiger partial charge on any atom is 0.161 e. The number of benzene rings is 1. The minimum Gasteiger partial charge on any atom is -0.380 e. The summed E-state index contributed by atoms with van der Waals surface area (Å²) in [5, 5.41) is 0. The van der Waals surface area contributed by atoms with Crippen molar-refractivity contribution in [2.24, 2.45) is 0 Å². The lowest BCUT2D eigenvalue weighted by Crippen LogP contribution is -2.25. The lowest BCUT2D eigenvalue weighted by atomic mass is 10.1. The van der Waals surface area contributed by atoms with E-state index in [0.29, 0.717) is 31.0 Å². The normalized spacial score (nSPS) is 10.4. The van der Waals surface area contributed by atoms with E-state index in [1.807, 2.05) is 6.92 Å². The van der Waals surface area contributed by atoms with Crippen LogP contribution in [0.25, 0.3) is 0 Å². The molecule has 0 bridgehead atoms. The van der Waals surface area contributed by atoms with Gasteiger partial charge >= 0.3 is 0 Å². The fourth-order valence-electron chi connectivity index (χ4n) is 1.65. The molecule has 0 amide bonds. The summed E-state index contributed by atoms with van der Waals surface area (Å²) < 4.78 is 19.0. The highest BCUT2D eigenvalue weighted by atomic mass is 19.1. The Labute approximate surface area is 101 Å². The molecule has 0 heterocycles. The van der Waals surface area contributed by atoms with Gasteiger partial charge in [0.05, 0.1) is 12.3 Å². The topological polar surface area (TPSA) is 29.5 Å². The number of likely N-dealkylation sites (N-methyl/N-ethyl adjacent to an activating group) is 1. The molecule has 0 spiro atoms. The van der Waals surface area contributed by atoms with Gasteiger partial charge in [-0.2, -0.15) is 0 Å². The Morgan fingerprint density at radius 2 is 2.18 bits per heavy atom. The molecule has 0 aliphatic rings. The van der Waals surface area contributed by atoms with Crippen LogP contribution in [0.1, 0.15) is 24.2 Å². The fourth-order valence-corrected chi connectivity index (χ4v) is 1.65. The third-order valence-corrected chi connectivity index (χ3v) is 2.52. The van der Waals surface area contributed by atoms with Gasteiger partial charge in [-0.1, -0.05) is 6.07 Å². The molecule has 0 atom stereocenters. The number of rotatable bonds is 6. The lowest BCUT2D eigenvalue weighted by molar-refractivity contribution is 0.101. The van der Waals surface area contributed by atoms with Crippen molar-refractivity contribution in [1.82, 2.24) is 0 Å². The molecule has 94 valence electrons. The second-order valence-electron chi connectivity index (χ2n) is 3.81. The molecule has 3 nitrogen and oxygen atoms in total. The van der Waals surface area contributed by atoms with Crippen molar-refractivity contribution in [2.75, 3.05) is 31.7 Å². The van der Waals surface area contributed by atoms with Gasteiger partial charge in [0.25, 0.3) is 0 Å². The van der Waals surface area contributed by atoms with Crippen LogP contribution in [0.4, 0.5) is 10.1 Å². The van der Waals surface area contributed by atoms with Gasteiger partial charge in [0.2, 0.25) is 0 Å². The monoisotopic (exact) mass is 239 g/mol. The highest BCUT2D eigenvalue weighted by Crippen LogP contribution is 2.23. The maximum atomic E-state index is 13.7. The van der Waals surface area contributed by atoms with E-state index in [0.717, 1.165) is 0 Å². The molecule has 1 rings (SSSR count). The average Bonchev–Trinajstić information content (AvgIpc) is 2.28. The van der Waals surface area contributed by atoms with Gasteiger partial charge in [-0.05, 0) is 26.0 Å². The first-order valence-electron chi connectivity index (χ1n) is 5.66. The molecule has 1 aromatic carbocycles. The van der Waals surface area contributed by atoms with Crippen molar-refractivity contribution in [2.45, 2.75) is 13.8 Å². The number of para-hydroxylation sites is 1. The largest absolute Gasteiger partial charge is 0.380 e. The first-order valence-corrected chi connectivity index (χ1v) is 5.66. The van der Waals surface area contributed by atoms with E-state index in [-0.39, 0.29) is 11.6 Å². The lowest BCUT2D eigenvalue weighted by Gasteiger charge is -2.22. The summed E-state index contributed by atoms with van der Waals surface area (Å²) in [7, 11) is 1.75. The van der Waals surface area contributed by atoms with Crippen molar-refractivity contribution in [1.29, 1.82) is 0 Å². The number of anilines is 1. The zero-order chi connectivity index (χ0) is 12.8. The van der Waals surface area contributed by atoms with Gasteiger partial charge in [0.15, 0.2) is 5.78 Å². The predicted octanol–water partition coefficient (Wildman–Crippen LogP) is 2.50. The highest BCUT2D eigenvalue weighted by molar-refractivity contribution is 5.99. The number of nitrogens with zero attached hydrogens (tertiary/aromatic N) is 1. The minimum atomic E-state index is -0.378. The molecule has 0 radical (unpaired) electrons. The summed E-state index contributed by atoms with van der Waals surface area (Å²) >= 11 is 0. The van der Waals surface area contributed by atoms with Crippen LogP contribution in [-0.2, 0) is 4.74 Å². The summed E-state index contributed by atoms with van der Waals surface area (Å²) in [6.07, 6.45) is 0. The van der Waals surface area contributed by atoms with Crippen LogP contribution < -0.4 is 4.90 Å². The number of carbonyl (C=O) groups is 1. The van der Waals surface area contributed by atoms with Crippen LogP contribution in [0.5, 0.6) is 0 Å². The smallest absolute Gasteiger partial charge is 0.161 e. The Kier molecular flexibility index (Phi) is 5.10. The Bertz CT molecular complexity index is 393. The molecule has 0 saturated heterocycles. The second-order valence-corrected chi connectivity index (χ2v) is 3.81. The number of hydrogen-bond donors (Lipinski definition) is 0. The minimum absolute atomic E-state index is 0.136. The van der Waals surface area contributed by atoms with Gasteiger partial charge < -0.3 is 9.64 Å². The quantitative estimate of drug-likeness (QED) is 0.564. The molecule has 0 fully saturated rings. The number of hydrogen-bond acceptors (Lipinski definition) is 3. The van der Waals surface area contributed by atoms with Crippen LogP contribution in [0.2, 0.25) is 0 Å². The van der Waals surface area contributed by atoms with E-state index >= 15 is 0 Å². The van der Waals surface area contributed by atoms with Crippen LogP contribution in [0, 0.1) is 5.82 Å². The van der Waals surface area contributed by atoms with E-state index < -0.39 is 0 Å². The highest BCUT2D eigenvalue weighted by Gasteiger charge is 2.15. The van der Waals surface area contributed by atoms with Crippen molar-refractivity contribution in [3.63, 3.8) is 0 Å². The van der Waals surface area contributed by atoms with E-state index in [1.54, 1.807) is 24.1 Å². The molecular weight excluding hydrogens is 221 g/mol. The summed E-state index contributed by atoms with van der Waals surface area (Å²) in [6, 6.07) is 4.54. The van der Waals surface area contributed by atoms with Gasteiger partial charge in [0.1, 0.15) is 5.82 Å². The first kappa shape index (κ1) is 13.6. The maximum absolute atomic E-state index is 13.7. The third kappa shape index (κ3) is 3.53. The van der Waals surface area contributed by atoms with Gasteiger partial charge in [-0.25, -0.2) is 4.39 Å². The van der Waals surface area contributed by atoms with Crippen molar-refractivity contribution in [3.8, 4) is 0 Å². The molecule has 1 aromatic rings. The van der Waals surface area contributed by atoms with Gasteiger partial charge in [-0.3, -0.25) is 4.79 Å². The summed E-state index contributed by atoms with van der Waals surface area (Å²) in [6.45, 7) is 5.04. The number of halogens is 1. The van der Waals surface area contributed by atoms with Gasteiger partial charge in [0, 0.05) is 25.8 Å². The summed E-state index contributed by atoms with van der Waals surface area (Å²) in [4.78, 5) is 13.1. The number of ketones is 1. The molecule has 0 N–H and O–H groups in total. The Morgan fingerprint density at radius 1 is 1.47 bits per heavy atom. The number of carbonyl (C=O) groups excluding carboxylic acids is 1. The molecule has 4 heteroatoms. The molecule has 0 aliphatic heterocycles. The number of Topliss-reactive ketones (excluding diaryl/α,β-unsaturated/α-hetero) is 1. The zero-order valence-electron chi connectivity index (χ0n) is 10.5. The van der Waals surface area contributed by atoms with Crippen LogP contribution in [-0.4, -0.2) is 32.6 Å². The van der Waals surface area contributed by atoms with E-state index in [9.17, 15) is 9.18 Å². The number of ether oxygens (including phenoxy) is 1. The van der Waals surface area contributed by atoms with Crippen LogP contribution in [0.3, 0.4) is 0 Å². The second kappa shape index (κ2) is 6.35. The van der Waals surface area contributed by atoms with Gasteiger partial charge in [-0.15, -0.1) is 0 Å². The van der Waals surface area contributed by atoms with Crippen LogP contribution >= 0.6 is 0 Å².